The quantitative estimate of drug-likeness (QED) is 0.209. The summed E-state index contributed by atoms with van der Waals surface area (Å²) < 4.78 is 26.9. The fraction of sp³-hybridized carbons (Fsp3) is 0.400. The van der Waals surface area contributed by atoms with Crippen molar-refractivity contribution in [3.8, 4) is 16.9 Å². The number of carbonyl (C=O) groups excluding carboxylic acids is 2. The van der Waals surface area contributed by atoms with Gasteiger partial charge in [0.2, 0.25) is 0 Å². The van der Waals surface area contributed by atoms with Crippen molar-refractivity contribution in [1.29, 1.82) is 0 Å². The number of thiophene rings is 1. The van der Waals surface area contributed by atoms with Crippen molar-refractivity contribution >= 4 is 33.4 Å². The minimum Gasteiger partial charge on any atom is -0.496 e. The van der Waals surface area contributed by atoms with Gasteiger partial charge in [-0.2, -0.15) is 0 Å². The third-order valence-corrected chi connectivity index (χ3v) is 9.56. The van der Waals surface area contributed by atoms with E-state index >= 15 is 0 Å². The highest BCUT2D eigenvalue weighted by Crippen LogP contribution is 2.37. The SMILES string of the molecule is COc1ccc(-c2cccnc2)cc1CN(C(=O)c1sc2cccc(F)c2c1C)C1CCC(N(C)C(=O)OC(C)(C)C)CC1. The van der Waals surface area contributed by atoms with Crippen LogP contribution in [-0.2, 0) is 11.3 Å². The molecule has 0 spiro atoms. The van der Waals surface area contributed by atoms with Gasteiger partial charge in [-0.3, -0.25) is 9.78 Å². The van der Waals surface area contributed by atoms with Crippen LogP contribution >= 0.6 is 11.3 Å². The number of carbonyl (C=O) groups is 2. The van der Waals surface area contributed by atoms with E-state index in [1.807, 2.05) is 69.1 Å². The normalized spacial score (nSPS) is 16.9. The predicted molar refractivity (Wildman–Crippen MR) is 173 cm³/mol. The number of nitrogens with zero attached hydrogens (tertiary/aromatic N) is 3. The summed E-state index contributed by atoms with van der Waals surface area (Å²) in [7, 11) is 3.41. The summed E-state index contributed by atoms with van der Waals surface area (Å²) in [6, 6.07) is 14.8. The Labute approximate surface area is 262 Å². The topological polar surface area (TPSA) is 72.0 Å². The average Bonchev–Trinajstić information content (AvgIpc) is 3.36. The summed E-state index contributed by atoms with van der Waals surface area (Å²) in [5.74, 6) is 0.243. The number of amides is 2. The molecule has 0 saturated heterocycles. The molecule has 1 aliphatic rings. The number of benzene rings is 2. The number of fused-ring (bicyclic) bond motifs is 1. The minimum atomic E-state index is -0.573. The van der Waals surface area contributed by atoms with E-state index in [1.54, 1.807) is 31.3 Å². The van der Waals surface area contributed by atoms with Gasteiger partial charge in [0, 0.05) is 59.3 Å². The smallest absolute Gasteiger partial charge is 0.410 e. The molecule has 0 atom stereocenters. The maximum absolute atomic E-state index is 14.8. The van der Waals surface area contributed by atoms with Gasteiger partial charge < -0.3 is 19.3 Å². The summed E-state index contributed by atoms with van der Waals surface area (Å²) in [5, 5.41) is 0.500. The summed E-state index contributed by atoms with van der Waals surface area (Å²) in [4.78, 5) is 35.6. The van der Waals surface area contributed by atoms with Crippen LogP contribution in [0.1, 0.15) is 67.3 Å². The van der Waals surface area contributed by atoms with Crippen LogP contribution in [0.3, 0.4) is 0 Å². The zero-order chi connectivity index (χ0) is 31.6. The molecule has 2 heterocycles. The molecule has 2 aromatic carbocycles. The molecule has 0 bridgehead atoms. The van der Waals surface area contributed by atoms with E-state index in [4.69, 9.17) is 9.47 Å². The Morgan fingerprint density at radius 2 is 1.75 bits per heavy atom. The van der Waals surface area contributed by atoms with Crippen LogP contribution in [0.25, 0.3) is 21.2 Å². The van der Waals surface area contributed by atoms with Gasteiger partial charge in [-0.1, -0.05) is 18.2 Å². The summed E-state index contributed by atoms with van der Waals surface area (Å²) in [6.07, 6.45) is 6.11. The Morgan fingerprint density at radius 1 is 1.02 bits per heavy atom. The molecular formula is C35H40FN3O4S. The highest BCUT2D eigenvalue weighted by atomic mass is 32.1. The monoisotopic (exact) mass is 617 g/mol. The molecule has 2 amide bonds. The highest BCUT2D eigenvalue weighted by molar-refractivity contribution is 7.21. The van der Waals surface area contributed by atoms with Gasteiger partial charge >= 0.3 is 6.09 Å². The minimum absolute atomic E-state index is 0.0154. The van der Waals surface area contributed by atoms with E-state index in [9.17, 15) is 14.0 Å². The molecule has 0 unspecified atom stereocenters. The lowest BCUT2D eigenvalue weighted by Crippen LogP contribution is -2.47. The molecule has 7 nitrogen and oxygen atoms in total. The van der Waals surface area contributed by atoms with E-state index in [0.717, 1.165) is 34.2 Å². The molecule has 44 heavy (non-hydrogen) atoms. The molecule has 9 heteroatoms. The molecule has 0 N–H and O–H groups in total. The molecule has 0 aliphatic heterocycles. The van der Waals surface area contributed by atoms with Crippen LogP contribution in [0, 0.1) is 12.7 Å². The Hall–Kier alpha value is -3.98. The number of methoxy groups -OCH3 is 1. The predicted octanol–water partition coefficient (Wildman–Crippen LogP) is 8.24. The summed E-state index contributed by atoms with van der Waals surface area (Å²) in [6.45, 7) is 7.73. The number of hydrogen-bond donors (Lipinski definition) is 0. The second-order valence-corrected chi connectivity index (χ2v) is 13.5. The van der Waals surface area contributed by atoms with E-state index in [1.165, 1.54) is 17.4 Å². The number of rotatable bonds is 7. The van der Waals surface area contributed by atoms with Gasteiger partial charge in [0.05, 0.1) is 12.0 Å². The molecule has 1 aliphatic carbocycles. The number of hydrogen-bond acceptors (Lipinski definition) is 6. The van der Waals surface area contributed by atoms with E-state index < -0.39 is 5.60 Å². The number of aryl methyl sites for hydroxylation is 1. The molecule has 4 aromatic rings. The van der Waals surface area contributed by atoms with E-state index in [-0.39, 0.29) is 29.9 Å². The summed E-state index contributed by atoms with van der Waals surface area (Å²) in [5.41, 5.74) is 2.91. The summed E-state index contributed by atoms with van der Waals surface area (Å²) >= 11 is 1.33. The van der Waals surface area contributed by atoms with E-state index in [2.05, 4.69) is 11.1 Å². The van der Waals surface area contributed by atoms with Crippen molar-refractivity contribution in [2.24, 2.45) is 0 Å². The van der Waals surface area contributed by atoms with Gasteiger partial charge in [0.25, 0.3) is 5.91 Å². The lowest BCUT2D eigenvalue weighted by Gasteiger charge is -2.40. The standard InChI is InChI=1S/C35H40FN3O4S/c1-22-31-28(36)10-7-11-30(31)44-32(22)33(40)39(27-15-13-26(14-16-27)38(5)34(41)43-35(2,3)4)21-25-19-23(12-17-29(25)42-6)24-9-8-18-37-20-24/h7-12,17-20,26-27H,13-16,21H2,1-6H3. The number of ether oxygens (including phenoxy) is 2. The van der Waals surface area contributed by atoms with Crippen molar-refractivity contribution in [1.82, 2.24) is 14.8 Å². The fourth-order valence-corrected chi connectivity index (χ4v) is 7.17. The Morgan fingerprint density at radius 3 is 2.39 bits per heavy atom. The van der Waals surface area contributed by atoms with Crippen LogP contribution in [0.4, 0.5) is 9.18 Å². The van der Waals surface area contributed by atoms with Crippen molar-refractivity contribution < 1.29 is 23.5 Å². The van der Waals surface area contributed by atoms with Gasteiger partial charge in [-0.05, 0) is 94.8 Å². The third kappa shape index (κ3) is 6.73. The molecule has 1 fully saturated rings. The number of halogens is 1. The number of pyridine rings is 1. The zero-order valence-corrected chi connectivity index (χ0v) is 27.0. The van der Waals surface area contributed by atoms with Gasteiger partial charge in [0.15, 0.2) is 0 Å². The fourth-order valence-electron chi connectivity index (χ4n) is 5.99. The zero-order valence-electron chi connectivity index (χ0n) is 26.2. The lowest BCUT2D eigenvalue weighted by molar-refractivity contribution is 0.0144. The second kappa shape index (κ2) is 12.9. The first-order chi connectivity index (χ1) is 21.0. The van der Waals surface area contributed by atoms with Crippen LogP contribution in [0.5, 0.6) is 5.75 Å². The van der Waals surface area contributed by atoms with Gasteiger partial charge in [0.1, 0.15) is 17.2 Å². The van der Waals surface area contributed by atoms with Crippen LogP contribution in [0.15, 0.2) is 60.9 Å². The highest BCUT2D eigenvalue weighted by Gasteiger charge is 2.35. The van der Waals surface area contributed by atoms with Crippen LogP contribution in [0.2, 0.25) is 0 Å². The first-order valence-corrected chi connectivity index (χ1v) is 15.8. The Bertz CT molecular complexity index is 1640. The number of aromatic nitrogens is 1. The first kappa shape index (κ1) is 31.4. The Kier molecular flexibility index (Phi) is 9.25. The molecule has 1 saturated carbocycles. The Balaban J connectivity index is 1.47. The maximum atomic E-state index is 14.8. The molecule has 0 radical (unpaired) electrons. The lowest BCUT2D eigenvalue weighted by atomic mass is 9.89. The van der Waals surface area contributed by atoms with E-state index in [0.29, 0.717) is 41.0 Å². The largest absolute Gasteiger partial charge is 0.496 e. The van der Waals surface area contributed by atoms with Crippen molar-refractivity contribution in [2.45, 2.75) is 77.6 Å². The van der Waals surface area contributed by atoms with Crippen molar-refractivity contribution in [3.63, 3.8) is 0 Å². The molecule has 5 rings (SSSR count). The van der Waals surface area contributed by atoms with Crippen molar-refractivity contribution in [2.75, 3.05) is 14.2 Å². The third-order valence-electron chi connectivity index (χ3n) is 8.31. The van der Waals surface area contributed by atoms with Crippen molar-refractivity contribution in [3.05, 3.63) is 82.7 Å². The van der Waals surface area contributed by atoms with Crippen LogP contribution < -0.4 is 4.74 Å². The average molecular weight is 618 g/mol. The molecule has 2 aromatic heterocycles. The first-order valence-electron chi connectivity index (χ1n) is 15.0. The van der Waals surface area contributed by atoms with Gasteiger partial charge in [-0.15, -0.1) is 11.3 Å². The van der Waals surface area contributed by atoms with Crippen LogP contribution in [-0.4, -0.2) is 58.6 Å². The maximum Gasteiger partial charge on any atom is 0.410 e. The van der Waals surface area contributed by atoms with Gasteiger partial charge in [-0.25, -0.2) is 9.18 Å². The molecular weight excluding hydrogens is 577 g/mol. The molecule has 232 valence electrons. The second-order valence-electron chi connectivity index (χ2n) is 12.4.